The van der Waals surface area contributed by atoms with E-state index in [9.17, 15) is 0 Å². The summed E-state index contributed by atoms with van der Waals surface area (Å²) in [7, 11) is -4.36. The number of hydrogen-bond donors (Lipinski definition) is 0. The van der Waals surface area contributed by atoms with Crippen LogP contribution in [0.25, 0.3) is 0 Å². The first-order valence-electron chi connectivity index (χ1n) is 4.91. The first-order valence-corrected chi connectivity index (χ1v) is 14.7. The predicted octanol–water partition coefficient (Wildman–Crippen LogP) is 2.09. The van der Waals surface area contributed by atoms with Crippen molar-refractivity contribution < 1.29 is 12.3 Å². The Labute approximate surface area is 94.3 Å². The van der Waals surface area contributed by atoms with E-state index in [4.69, 9.17) is 12.3 Å². The molecule has 0 aliphatic carbocycles. The molecule has 0 rings (SSSR count). The van der Waals surface area contributed by atoms with Crippen LogP contribution < -0.4 is 0 Å². The average Bonchev–Trinajstić information content (AvgIpc) is 1.78. The number of rotatable bonds is 6. The van der Waals surface area contributed by atoms with Gasteiger partial charge in [0.1, 0.15) is 0 Å². The molecule has 0 unspecified atom stereocenters. The molecular formula is C7H22O3Si4. The van der Waals surface area contributed by atoms with Crippen molar-refractivity contribution in [2.24, 2.45) is 0 Å². The molecule has 7 heteroatoms. The molecule has 0 aromatic rings. The quantitative estimate of drug-likeness (QED) is 0.689. The largest absolute Gasteiger partial charge is 0.440 e. The van der Waals surface area contributed by atoms with Gasteiger partial charge in [0.05, 0.1) is 0 Å². The third kappa shape index (κ3) is 7.09. The predicted molar refractivity (Wildman–Crippen MR) is 68.7 cm³/mol. The van der Waals surface area contributed by atoms with E-state index in [-0.39, 0.29) is 0 Å². The first-order chi connectivity index (χ1) is 6.18. The molecule has 2 radical (unpaired) electrons. The maximum absolute atomic E-state index is 6.05. The van der Waals surface area contributed by atoms with Crippen LogP contribution in [0.3, 0.4) is 0 Å². The highest BCUT2D eigenvalue weighted by molar-refractivity contribution is 6.83. The Morgan fingerprint density at radius 3 is 1.86 bits per heavy atom. The summed E-state index contributed by atoms with van der Waals surface area (Å²) in [5.74, 6) is 0. The smallest absolute Gasteiger partial charge is 0.312 e. The van der Waals surface area contributed by atoms with Gasteiger partial charge in [-0.05, 0) is 45.8 Å². The average molecular weight is 267 g/mol. The molecule has 0 saturated carbocycles. The van der Waals surface area contributed by atoms with Crippen LogP contribution in [0, 0.1) is 0 Å². The van der Waals surface area contributed by atoms with Crippen molar-refractivity contribution in [2.75, 3.05) is 0 Å². The van der Waals surface area contributed by atoms with Crippen molar-refractivity contribution in [3.05, 3.63) is 0 Å². The molecule has 0 aliphatic rings. The topological polar surface area (TPSA) is 27.7 Å². The summed E-state index contributed by atoms with van der Waals surface area (Å²) in [4.78, 5) is 0. The van der Waals surface area contributed by atoms with Crippen LogP contribution in [0.4, 0.5) is 0 Å². The normalized spacial score (nSPS) is 13.7. The van der Waals surface area contributed by atoms with Crippen LogP contribution >= 0.6 is 0 Å². The lowest BCUT2D eigenvalue weighted by atomic mass is 11.9. The second kappa shape index (κ2) is 5.73. The molecular weight excluding hydrogens is 244 g/mol. The molecule has 0 aliphatic heterocycles. The molecule has 0 heterocycles. The molecule has 0 aromatic carbocycles. The Morgan fingerprint density at radius 1 is 1.00 bits per heavy atom. The third-order valence-electron chi connectivity index (χ3n) is 1.36. The van der Waals surface area contributed by atoms with Gasteiger partial charge >= 0.3 is 17.1 Å². The van der Waals surface area contributed by atoms with Crippen molar-refractivity contribution in [2.45, 2.75) is 45.8 Å². The zero-order valence-electron chi connectivity index (χ0n) is 10.3. The van der Waals surface area contributed by atoms with E-state index in [1.165, 1.54) is 0 Å². The minimum absolute atomic E-state index is 0.506. The van der Waals surface area contributed by atoms with E-state index in [2.05, 4.69) is 39.3 Å². The molecule has 0 fully saturated rings. The van der Waals surface area contributed by atoms with Gasteiger partial charge in [0.2, 0.25) is 9.76 Å². The summed E-state index contributed by atoms with van der Waals surface area (Å²) in [6.45, 7) is 14.8. The molecule has 0 saturated heterocycles. The Hall–Kier alpha value is 0.748. The van der Waals surface area contributed by atoms with Gasteiger partial charge < -0.3 is 12.3 Å². The molecule has 3 nitrogen and oxygen atoms in total. The van der Waals surface area contributed by atoms with Crippen molar-refractivity contribution in [1.29, 1.82) is 0 Å². The SMILES string of the molecule is C[Si]O[Si](C)(C)O[Si](C)(C)O[SiH](C)C. The maximum Gasteiger partial charge on any atom is 0.312 e. The monoisotopic (exact) mass is 266 g/mol. The maximum atomic E-state index is 6.05. The molecule has 0 aromatic heterocycles. The fourth-order valence-electron chi connectivity index (χ4n) is 1.45. The fraction of sp³-hybridized carbons (Fsp3) is 1.00. The zero-order chi connectivity index (χ0) is 11.4. The number of hydrogen-bond acceptors (Lipinski definition) is 3. The standard InChI is InChI=1S/C7H22O3Si4/c1-11-8-13(4,5)10-14(6,7)9-12(2)3/h12H,1-7H3. The van der Waals surface area contributed by atoms with Crippen LogP contribution in [-0.2, 0) is 12.3 Å². The summed E-state index contributed by atoms with van der Waals surface area (Å²) in [5, 5.41) is 0. The van der Waals surface area contributed by atoms with Gasteiger partial charge in [-0.3, -0.25) is 0 Å². The molecule has 0 amide bonds. The fourth-order valence-corrected chi connectivity index (χ4v) is 13.9. The van der Waals surface area contributed by atoms with Crippen LogP contribution in [0.2, 0.25) is 45.8 Å². The molecule has 84 valence electrons. The molecule has 0 bridgehead atoms. The van der Waals surface area contributed by atoms with E-state index in [0.717, 1.165) is 0 Å². The Bertz CT molecular complexity index is 172. The Balaban J connectivity index is 4.19. The molecule has 0 atom stereocenters. The van der Waals surface area contributed by atoms with Crippen molar-refractivity contribution in [3.63, 3.8) is 0 Å². The summed E-state index contributed by atoms with van der Waals surface area (Å²) >= 11 is 0. The first kappa shape index (κ1) is 14.7. The highest BCUT2D eigenvalue weighted by atomic mass is 28.5. The Kier molecular flexibility index (Phi) is 6.03. The van der Waals surface area contributed by atoms with Crippen LogP contribution in [0.5, 0.6) is 0 Å². The van der Waals surface area contributed by atoms with E-state index < -0.39 is 26.2 Å². The minimum Gasteiger partial charge on any atom is -0.440 e. The lowest BCUT2D eigenvalue weighted by Gasteiger charge is -2.33. The molecule has 0 N–H and O–H groups in total. The summed E-state index contributed by atoms with van der Waals surface area (Å²) in [6.07, 6.45) is 0. The highest BCUT2D eigenvalue weighted by Crippen LogP contribution is 2.17. The Morgan fingerprint density at radius 2 is 1.50 bits per heavy atom. The molecule has 14 heavy (non-hydrogen) atoms. The summed E-state index contributed by atoms with van der Waals surface area (Å²) in [6, 6.07) is 0. The van der Waals surface area contributed by atoms with Gasteiger partial charge in [-0.1, -0.05) is 0 Å². The van der Waals surface area contributed by atoms with Crippen molar-refractivity contribution in [3.8, 4) is 0 Å². The minimum atomic E-state index is -1.94. The van der Waals surface area contributed by atoms with Crippen molar-refractivity contribution in [1.82, 2.24) is 0 Å². The second-order valence-corrected chi connectivity index (χ2v) is 15.1. The van der Waals surface area contributed by atoms with Gasteiger partial charge in [0.25, 0.3) is 0 Å². The lowest BCUT2D eigenvalue weighted by molar-refractivity contribution is 0.344. The second-order valence-electron chi connectivity index (χ2n) is 4.37. The van der Waals surface area contributed by atoms with Gasteiger partial charge in [0, 0.05) is 0 Å². The van der Waals surface area contributed by atoms with E-state index in [0.29, 0.717) is 9.76 Å². The van der Waals surface area contributed by atoms with Gasteiger partial charge in [-0.15, -0.1) is 0 Å². The van der Waals surface area contributed by atoms with E-state index in [1.54, 1.807) is 0 Å². The zero-order valence-corrected chi connectivity index (χ0v) is 14.5. The van der Waals surface area contributed by atoms with E-state index in [1.807, 2.05) is 6.55 Å². The van der Waals surface area contributed by atoms with Gasteiger partial charge in [0.15, 0.2) is 9.04 Å². The van der Waals surface area contributed by atoms with Crippen LogP contribution in [-0.4, -0.2) is 35.9 Å². The molecule has 0 spiro atoms. The van der Waals surface area contributed by atoms with Crippen molar-refractivity contribution >= 4 is 35.9 Å². The lowest BCUT2D eigenvalue weighted by Crippen LogP contribution is -2.50. The highest BCUT2D eigenvalue weighted by Gasteiger charge is 2.36. The summed E-state index contributed by atoms with van der Waals surface area (Å²) in [5.41, 5.74) is 0. The third-order valence-corrected chi connectivity index (χ3v) is 12.2. The van der Waals surface area contributed by atoms with Crippen LogP contribution in [0.15, 0.2) is 0 Å². The van der Waals surface area contributed by atoms with Gasteiger partial charge in [-0.25, -0.2) is 0 Å². The van der Waals surface area contributed by atoms with Gasteiger partial charge in [-0.2, -0.15) is 0 Å². The summed E-state index contributed by atoms with van der Waals surface area (Å²) < 4.78 is 17.6. The van der Waals surface area contributed by atoms with E-state index >= 15 is 0 Å². The van der Waals surface area contributed by atoms with Crippen LogP contribution in [0.1, 0.15) is 0 Å².